The number of carbonyl (C=O) groups is 2. The van der Waals surface area contributed by atoms with Crippen LogP contribution in [0.4, 0.5) is 0 Å². The number of halogens is 1. The number of thiophene rings is 1. The molecule has 1 aliphatic carbocycles. The zero-order valence-electron chi connectivity index (χ0n) is 19.0. The molecule has 1 amide bonds. The summed E-state index contributed by atoms with van der Waals surface area (Å²) in [4.78, 5) is 32.7. The number of aromatic nitrogens is 1. The summed E-state index contributed by atoms with van der Waals surface area (Å²) in [5, 5.41) is 2.11. The number of thiazole rings is 1. The Kier molecular flexibility index (Phi) is 6.88. The summed E-state index contributed by atoms with van der Waals surface area (Å²) in [6.07, 6.45) is 2.48. The first-order valence-corrected chi connectivity index (χ1v) is 14.8. The summed E-state index contributed by atoms with van der Waals surface area (Å²) in [6, 6.07) is 6.88. The molecule has 1 atom stereocenters. The molecule has 2 aromatic heterocycles. The van der Waals surface area contributed by atoms with Crippen LogP contribution in [0.1, 0.15) is 41.3 Å². The minimum atomic E-state index is -3.79. The lowest BCUT2D eigenvalue weighted by atomic mass is 9.91. The molecule has 0 spiro atoms. The first-order valence-electron chi connectivity index (χ1n) is 11.4. The fraction of sp³-hybridized carbons (Fsp3) is 0.435. The van der Waals surface area contributed by atoms with Crippen molar-refractivity contribution in [2.45, 2.75) is 42.9 Å². The van der Waals surface area contributed by atoms with Crippen LogP contribution in [0.15, 0.2) is 28.5 Å². The van der Waals surface area contributed by atoms with Crippen LogP contribution < -0.4 is 0 Å². The van der Waals surface area contributed by atoms with Crippen molar-refractivity contribution in [2.75, 3.05) is 26.2 Å². The molecule has 1 saturated heterocycles. The highest BCUT2D eigenvalue weighted by Crippen LogP contribution is 2.36. The van der Waals surface area contributed by atoms with Gasteiger partial charge in [-0.3, -0.25) is 9.59 Å². The molecule has 0 saturated carbocycles. The second-order valence-corrected chi connectivity index (χ2v) is 13.4. The summed E-state index contributed by atoms with van der Waals surface area (Å²) >= 11 is 8.71. The number of piperazine rings is 1. The van der Waals surface area contributed by atoms with Gasteiger partial charge in [0.1, 0.15) is 15.1 Å². The Labute approximate surface area is 216 Å². The Morgan fingerprint density at radius 3 is 2.86 bits per heavy atom. The molecule has 35 heavy (non-hydrogen) atoms. The third-order valence-electron chi connectivity index (χ3n) is 6.23. The maximum atomic E-state index is 13.2. The lowest BCUT2D eigenvalue weighted by Gasteiger charge is -2.32. The van der Waals surface area contributed by atoms with E-state index in [2.05, 4.69) is 0 Å². The normalized spacial score (nSPS) is 19.2. The zero-order valence-corrected chi connectivity index (χ0v) is 22.2. The fourth-order valence-electron chi connectivity index (χ4n) is 4.47. The van der Waals surface area contributed by atoms with E-state index >= 15 is 0 Å². The SMILES string of the molecule is CCOC(=O)C1CCCc2sc(CN3CCN(S(=O)(=O)c4cc5ccc(Cl)cc5s4)CC3=O)nc21. The van der Waals surface area contributed by atoms with Crippen molar-refractivity contribution in [3.05, 3.63) is 44.9 Å². The standard InChI is InChI=1S/C23H24ClN3O5S3/c1-2-32-23(29)16-4-3-5-17-22(16)25-19(33-17)12-26-8-9-27(13-20(26)28)35(30,31)21-10-14-6-7-15(24)11-18(14)34-21/h6-7,10-11,16H,2-5,8-9,12-13H2,1H3. The molecule has 1 aliphatic heterocycles. The van der Waals surface area contributed by atoms with E-state index in [9.17, 15) is 18.0 Å². The van der Waals surface area contributed by atoms with Gasteiger partial charge in [-0.2, -0.15) is 4.31 Å². The second-order valence-electron chi connectivity index (χ2n) is 8.51. The number of hydrogen-bond acceptors (Lipinski definition) is 8. The van der Waals surface area contributed by atoms with Gasteiger partial charge < -0.3 is 9.64 Å². The number of fused-ring (bicyclic) bond motifs is 2. The van der Waals surface area contributed by atoms with Gasteiger partial charge in [-0.15, -0.1) is 22.7 Å². The van der Waals surface area contributed by atoms with Crippen molar-refractivity contribution in [2.24, 2.45) is 0 Å². The van der Waals surface area contributed by atoms with Crippen LogP contribution in [0.3, 0.4) is 0 Å². The second kappa shape index (κ2) is 9.78. The Balaban J connectivity index is 1.28. The number of amides is 1. The van der Waals surface area contributed by atoms with Crippen LogP contribution >= 0.6 is 34.3 Å². The summed E-state index contributed by atoms with van der Waals surface area (Å²) < 4.78 is 33.9. The molecule has 0 N–H and O–H groups in total. The monoisotopic (exact) mass is 553 g/mol. The molecule has 3 aromatic rings. The number of hydrogen-bond donors (Lipinski definition) is 0. The molecule has 1 aromatic carbocycles. The zero-order chi connectivity index (χ0) is 24.7. The van der Waals surface area contributed by atoms with E-state index in [1.165, 1.54) is 15.6 Å². The number of nitrogens with zero attached hydrogens (tertiary/aromatic N) is 3. The average molecular weight is 554 g/mol. The molecule has 0 bridgehead atoms. The van der Waals surface area contributed by atoms with Crippen molar-refractivity contribution < 1.29 is 22.7 Å². The summed E-state index contributed by atoms with van der Waals surface area (Å²) in [7, 11) is -3.79. The summed E-state index contributed by atoms with van der Waals surface area (Å²) in [6.45, 7) is 2.70. The lowest BCUT2D eigenvalue weighted by molar-refractivity contribution is -0.145. The average Bonchev–Trinajstić information content (AvgIpc) is 3.44. The van der Waals surface area contributed by atoms with Gasteiger partial charge in [0.15, 0.2) is 0 Å². The minimum absolute atomic E-state index is 0.202. The number of aryl methyl sites for hydroxylation is 1. The first-order chi connectivity index (χ1) is 16.8. The number of ether oxygens (including phenoxy) is 1. The largest absolute Gasteiger partial charge is 0.465 e. The quantitative estimate of drug-likeness (QED) is 0.428. The topological polar surface area (TPSA) is 96.9 Å². The third-order valence-corrected chi connectivity index (χ3v) is 11.0. The van der Waals surface area contributed by atoms with E-state index in [1.54, 1.807) is 36.1 Å². The molecule has 2 aliphatic rings. The predicted octanol–water partition coefficient (Wildman–Crippen LogP) is 4.03. The molecular formula is C23H24ClN3O5S3. The van der Waals surface area contributed by atoms with Gasteiger partial charge >= 0.3 is 5.97 Å². The van der Waals surface area contributed by atoms with Gasteiger partial charge in [0.05, 0.1) is 25.4 Å². The Morgan fingerprint density at radius 1 is 1.26 bits per heavy atom. The highest BCUT2D eigenvalue weighted by Gasteiger charge is 2.35. The highest BCUT2D eigenvalue weighted by molar-refractivity contribution is 7.91. The van der Waals surface area contributed by atoms with E-state index in [0.717, 1.165) is 49.8 Å². The van der Waals surface area contributed by atoms with Gasteiger partial charge in [-0.05, 0) is 49.8 Å². The highest BCUT2D eigenvalue weighted by atomic mass is 35.5. The molecule has 186 valence electrons. The maximum Gasteiger partial charge on any atom is 0.315 e. The van der Waals surface area contributed by atoms with Gasteiger partial charge in [0.2, 0.25) is 5.91 Å². The Hall–Kier alpha value is -2.05. The predicted molar refractivity (Wildman–Crippen MR) is 135 cm³/mol. The van der Waals surface area contributed by atoms with Crippen molar-refractivity contribution >= 4 is 66.3 Å². The van der Waals surface area contributed by atoms with Crippen molar-refractivity contribution in [1.82, 2.24) is 14.2 Å². The Morgan fingerprint density at radius 2 is 2.09 bits per heavy atom. The molecular weight excluding hydrogens is 530 g/mol. The Bertz CT molecular complexity index is 1400. The van der Waals surface area contributed by atoms with Crippen molar-refractivity contribution in [1.29, 1.82) is 0 Å². The van der Waals surface area contributed by atoms with E-state index in [1.807, 2.05) is 0 Å². The lowest BCUT2D eigenvalue weighted by Crippen LogP contribution is -2.51. The maximum absolute atomic E-state index is 13.2. The number of sulfonamides is 1. The van der Waals surface area contributed by atoms with Gasteiger partial charge in [-0.1, -0.05) is 17.7 Å². The number of esters is 1. The smallest absolute Gasteiger partial charge is 0.315 e. The van der Waals surface area contributed by atoms with E-state index in [0.29, 0.717) is 24.6 Å². The van der Waals surface area contributed by atoms with Crippen molar-refractivity contribution in [3.63, 3.8) is 0 Å². The van der Waals surface area contributed by atoms with Crippen LogP contribution in [0, 0.1) is 0 Å². The van der Waals surface area contributed by atoms with E-state index < -0.39 is 10.0 Å². The molecule has 1 fully saturated rings. The molecule has 0 radical (unpaired) electrons. The van der Waals surface area contributed by atoms with Gasteiger partial charge in [0, 0.05) is 27.7 Å². The molecule has 1 unspecified atom stereocenters. The first kappa shape index (κ1) is 24.6. The van der Waals surface area contributed by atoms with Crippen molar-refractivity contribution in [3.8, 4) is 0 Å². The summed E-state index contributed by atoms with van der Waals surface area (Å²) in [5.41, 5.74) is 0.772. The van der Waals surface area contributed by atoms with Gasteiger partial charge in [-0.25, -0.2) is 13.4 Å². The minimum Gasteiger partial charge on any atom is -0.465 e. The van der Waals surface area contributed by atoms with Crippen LogP contribution in [0.5, 0.6) is 0 Å². The molecule has 12 heteroatoms. The molecule has 5 rings (SSSR count). The van der Waals surface area contributed by atoms with Crippen LogP contribution in [-0.4, -0.2) is 60.7 Å². The van der Waals surface area contributed by atoms with Gasteiger partial charge in [0.25, 0.3) is 10.0 Å². The van der Waals surface area contributed by atoms with Crippen LogP contribution in [0.2, 0.25) is 5.02 Å². The third kappa shape index (κ3) is 4.84. The number of carbonyl (C=O) groups excluding carboxylic acids is 2. The van der Waals surface area contributed by atoms with E-state index in [-0.39, 0.29) is 41.6 Å². The van der Waals surface area contributed by atoms with E-state index in [4.69, 9.17) is 21.3 Å². The number of rotatable bonds is 6. The molecule has 8 nitrogen and oxygen atoms in total. The summed E-state index contributed by atoms with van der Waals surface area (Å²) in [5.74, 6) is -0.861. The van der Waals surface area contributed by atoms with Crippen LogP contribution in [-0.2, 0) is 37.3 Å². The fourth-order valence-corrected chi connectivity index (χ4v) is 8.86. The number of benzene rings is 1. The van der Waals surface area contributed by atoms with Crippen LogP contribution in [0.25, 0.3) is 10.1 Å². The molecule has 3 heterocycles.